The van der Waals surface area contributed by atoms with Gasteiger partial charge < -0.3 is 21.1 Å². The van der Waals surface area contributed by atoms with Crippen LogP contribution in [-0.2, 0) is 6.54 Å². The first-order valence-electron chi connectivity index (χ1n) is 9.08. The molecule has 136 valence electrons. The average molecular weight is 357 g/mol. The van der Waals surface area contributed by atoms with Crippen LogP contribution < -0.4 is 21.1 Å². The van der Waals surface area contributed by atoms with E-state index in [4.69, 9.17) is 10.5 Å². The average Bonchev–Trinajstić information content (AvgIpc) is 2.94. The molecule has 0 radical (unpaired) electrons. The van der Waals surface area contributed by atoms with Crippen LogP contribution in [0.5, 0.6) is 5.75 Å². The van der Waals surface area contributed by atoms with Crippen LogP contribution in [-0.4, -0.2) is 13.2 Å². The zero-order chi connectivity index (χ0) is 18.6. The van der Waals surface area contributed by atoms with E-state index in [9.17, 15) is 0 Å². The summed E-state index contributed by atoms with van der Waals surface area (Å²) in [6.45, 7) is 6.56. The Morgan fingerprint density at radius 3 is 2.59 bits per heavy atom. The van der Waals surface area contributed by atoms with Gasteiger partial charge in [-0.1, -0.05) is 49.0 Å². The Balaban J connectivity index is 1.53. The summed E-state index contributed by atoms with van der Waals surface area (Å²) in [4.78, 5) is 0. The summed E-state index contributed by atoms with van der Waals surface area (Å²) in [5.41, 5.74) is 13.0. The third-order valence-corrected chi connectivity index (χ3v) is 4.73. The number of nitrogens with one attached hydrogen (secondary N) is 2. The normalized spacial score (nSPS) is 13.2. The number of hydrogen-bond acceptors (Lipinski definition) is 4. The lowest BCUT2D eigenvalue weighted by molar-refractivity contribution is 0.326. The van der Waals surface area contributed by atoms with Crippen molar-refractivity contribution in [2.45, 2.75) is 6.54 Å². The first-order valence-corrected chi connectivity index (χ1v) is 9.08. The monoisotopic (exact) mass is 357 g/mol. The number of nitrogens with two attached hydrogens (primary N) is 1. The second-order valence-corrected chi connectivity index (χ2v) is 6.62. The van der Waals surface area contributed by atoms with Crippen LogP contribution in [0, 0.1) is 0 Å². The number of benzene rings is 3. The van der Waals surface area contributed by atoms with Crippen molar-refractivity contribution < 1.29 is 4.74 Å². The van der Waals surface area contributed by atoms with Gasteiger partial charge >= 0.3 is 0 Å². The Morgan fingerprint density at radius 2 is 1.78 bits per heavy atom. The second kappa shape index (κ2) is 7.56. The molecule has 0 amide bonds. The molecule has 0 aliphatic carbocycles. The fourth-order valence-corrected chi connectivity index (χ4v) is 3.20. The molecule has 0 unspecified atom stereocenters. The van der Waals surface area contributed by atoms with Gasteiger partial charge in [0.25, 0.3) is 0 Å². The lowest BCUT2D eigenvalue weighted by atomic mass is 10.0. The minimum Gasteiger partial charge on any atom is -0.492 e. The first-order chi connectivity index (χ1) is 13.2. The van der Waals surface area contributed by atoms with Crippen molar-refractivity contribution in [2.75, 3.05) is 24.2 Å². The lowest BCUT2D eigenvalue weighted by Gasteiger charge is -2.13. The summed E-state index contributed by atoms with van der Waals surface area (Å²) in [5.74, 6) is 0.971. The highest BCUT2D eigenvalue weighted by molar-refractivity contribution is 5.81. The van der Waals surface area contributed by atoms with Gasteiger partial charge in [-0.25, -0.2) is 0 Å². The van der Waals surface area contributed by atoms with E-state index >= 15 is 0 Å². The molecule has 27 heavy (non-hydrogen) atoms. The molecule has 0 spiro atoms. The highest BCUT2D eigenvalue weighted by atomic mass is 16.5. The Morgan fingerprint density at radius 1 is 1.00 bits per heavy atom. The van der Waals surface area contributed by atoms with Gasteiger partial charge in [0, 0.05) is 24.4 Å². The van der Waals surface area contributed by atoms with Crippen molar-refractivity contribution in [1.29, 1.82) is 0 Å². The van der Waals surface area contributed by atoms with Crippen molar-refractivity contribution in [1.82, 2.24) is 5.32 Å². The zero-order valence-corrected chi connectivity index (χ0v) is 15.2. The van der Waals surface area contributed by atoms with Gasteiger partial charge in [0.05, 0.1) is 11.4 Å². The Hall–Kier alpha value is -3.24. The molecule has 4 rings (SSSR count). The van der Waals surface area contributed by atoms with Crippen LogP contribution in [0.3, 0.4) is 0 Å². The summed E-state index contributed by atoms with van der Waals surface area (Å²) < 4.78 is 5.76. The first kappa shape index (κ1) is 17.2. The van der Waals surface area contributed by atoms with E-state index in [1.165, 1.54) is 11.1 Å². The van der Waals surface area contributed by atoms with Gasteiger partial charge in [-0.2, -0.15) is 0 Å². The number of ether oxygens (including phenoxy) is 1. The SMILES string of the molecule is C=C(Nc1ccccc1N)c1ccc(-c2ccc3c(c2)CNCCO3)cc1. The number of anilines is 2. The molecule has 1 heterocycles. The van der Waals surface area contributed by atoms with Gasteiger partial charge in [-0.05, 0) is 41.0 Å². The summed E-state index contributed by atoms with van der Waals surface area (Å²) in [6.07, 6.45) is 0. The van der Waals surface area contributed by atoms with E-state index in [0.29, 0.717) is 12.3 Å². The predicted molar refractivity (Wildman–Crippen MR) is 113 cm³/mol. The zero-order valence-electron chi connectivity index (χ0n) is 15.2. The Bertz CT molecular complexity index is 964. The van der Waals surface area contributed by atoms with Crippen molar-refractivity contribution >= 4 is 17.1 Å². The van der Waals surface area contributed by atoms with E-state index in [-0.39, 0.29) is 0 Å². The van der Waals surface area contributed by atoms with Crippen LogP contribution in [0.25, 0.3) is 16.8 Å². The van der Waals surface area contributed by atoms with E-state index in [2.05, 4.69) is 59.7 Å². The molecule has 4 N–H and O–H groups in total. The maximum Gasteiger partial charge on any atom is 0.123 e. The minimum absolute atomic E-state index is 0.705. The van der Waals surface area contributed by atoms with Crippen LogP contribution in [0.4, 0.5) is 11.4 Å². The van der Waals surface area contributed by atoms with Crippen LogP contribution in [0.2, 0.25) is 0 Å². The van der Waals surface area contributed by atoms with Crippen LogP contribution in [0.15, 0.2) is 73.3 Å². The summed E-state index contributed by atoms with van der Waals surface area (Å²) >= 11 is 0. The van der Waals surface area contributed by atoms with E-state index in [1.54, 1.807) is 0 Å². The van der Waals surface area contributed by atoms with Crippen molar-refractivity contribution in [2.24, 2.45) is 0 Å². The second-order valence-electron chi connectivity index (χ2n) is 6.62. The third kappa shape index (κ3) is 3.81. The molecule has 0 aromatic heterocycles. The summed E-state index contributed by atoms with van der Waals surface area (Å²) in [7, 11) is 0. The quantitative estimate of drug-likeness (QED) is 0.602. The fraction of sp³-hybridized carbons (Fsp3) is 0.130. The molecule has 1 aliphatic rings. The Kier molecular flexibility index (Phi) is 4.81. The highest BCUT2D eigenvalue weighted by Gasteiger charge is 2.10. The molecule has 4 nitrogen and oxygen atoms in total. The van der Waals surface area contributed by atoms with Crippen molar-refractivity contribution in [3.8, 4) is 16.9 Å². The standard InChI is InChI=1S/C23H23N3O/c1-16(26-22-5-3-2-4-21(22)24)17-6-8-18(9-7-17)19-10-11-23-20(14-19)15-25-12-13-27-23/h2-11,14,25-26H,1,12-13,15,24H2. The smallest absolute Gasteiger partial charge is 0.123 e. The fourth-order valence-electron chi connectivity index (χ4n) is 3.20. The predicted octanol–water partition coefficient (Wildman–Crippen LogP) is 4.50. The molecular weight excluding hydrogens is 334 g/mol. The number of para-hydroxylation sites is 2. The molecule has 0 saturated heterocycles. The lowest BCUT2D eigenvalue weighted by Crippen LogP contribution is -2.16. The van der Waals surface area contributed by atoms with Gasteiger partial charge in [0.15, 0.2) is 0 Å². The van der Waals surface area contributed by atoms with Crippen LogP contribution in [0.1, 0.15) is 11.1 Å². The Labute approximate surface area is 159 Å². The number of fused-ring (bicyclic) bond motifs is 1. The van der Waals surface area contributed by atoms with E-state index < -0.39 is 0 Å². The molecule has 0 fully saturated rings. The van der Waals surface area contributed by atoms with Crippen LogP contribution >= 0.6 is 0 Å². The molecule has 4 heteroatoms. The van der Waals surface area contributed by atoms with Crippen molar-refractivity contribution in [3.05, 3.63) is 84.4 Å². The largest absolute Gasteiger partial charge is 0.492 e. The number of nitrogen functional groups attached to an aromatic ring is 1. The van der Waals surface area contributed by atoms with Gasteiger partial charge in [-0.3, -0.25) is 0 Å². The van der Waals surface area contributed by atoms with E-state index in [1.807, 2.05) is 24.3 Å². The number of hydrogen-bond donors (Lipinski definition) is 3. The summed E-state index contributed by atoms with van der Waals surface area (Å²) in [6, 6.07) is 22.4. The molecule has 0 saturated carbocycles. The number of rotatable bonds is 4. The molecular formula is C23H23N3O. The van der Waals surface area contributed by atoms with E-state index in [0.717, 1.165) is 41.4 Å². The molecule has 1 aliphatic heterocycles. The van der Waals surface area contributed by atoms with Gasteiger partial charge in [0.2, 0.25) is 0 Å². The van der Waals surface area contributed by atoms with Gasteiger partial charge in [0.1, 0.15) is 12.4 Å². The molecule has 3 aromatic carbocycles. The van der Waals surface area contributed by atoms with Gasteiger partial charge in [-0.15, -0.1) is 0 Å². The van der Waals surface area contributed by atoms with Crippen molar-refractivity contribution in [3.63, 3.8) is 0 Å². The summed E-state index contributed by atoms with van der Waals surface area (Å²) in [5, 5.41) is 6.67. The maximum atomic E-state index is 5.99. The third-order valence-electron chi connectivity index (χ3n) is 4.73. The topological polar surface area (TPSA) is 59.3 Å². The maximum absolute atomic E-state index is 5.99. The molecule has 3 aromatic rings. The molecule has 0 atom stereocenters. The molecule has 0 bridgehead atoms. The highest BCUT2D eigenvalue weighted by Crippen LogP contribution is 2.29. The minimum atomic E-state index is 0.705.